The molecule has 0 aliphatic carbocycles. The van der Waals surface area contributed by atoms with Gasteiger partial charge in [0.05, 0.1) is 12.0 Å². The lowest BCUT2D eigenvalue weighted by atomic mass is 10.2. The van der Waals surface area contributed by atoms with E-state index in [1.807, 2.05) is 65.2 Å². The molecule has 0 unspecified atom stereocenters. The van der Waals surface area contributed by atoms with Crippen molar-refractivity contribution >= 4 is 23.9 Å². The minimum atomic E-state index is -0.228. The van der Waals surface area contributed by atoms with E-state index in [2.05, 4.69) is 25.7 Å². The molecule has 2 aromatic carbocycles. The summed E-state index contributed by atoms with van der Waals surface area (Å²) in [5.74, 6) is 0.655. The summed E-state index contributed by atoms with van der Waals surface area (Å²) in [4.78, 5) is 16.2. The highest BCUT2D eigenvalue weighted by molar-refractivity contribution is 7.99. The molecule has 0 radical (unpaired) electrons. The van der Waals surface area contributed by atoms with E-state index in [0.717, 1.165) is 22.6 Å². The zero-order valence-corrected chi connectivity index (χ0v) is 16.7. The number of aromatic nitrogens is 4. The Morgan fingerprint density at radius 1 is 0.967 bits per heavy atom. The van der Waals surface area contributed by atoms with Gasteiger partial charge in [0.25, 0.3) is 5.91 Å². The smallest absolute Gasteiger partial charge is 0.250 e. The number of hydrogen-bond donors (Lipinski definition) is 1. The molecule has 1 N–H and O–H groups in total. The average molecular weight is 414 g/mol. The van der Waals surface area contributed by atoms with Crippen LogP contribution >= 0.6 is 11.8 Å². The number of hydrogen-bond acceptors (Lipinski definition) is 6. The first-order chi connectivity index (χ1) is 14.8. The SMILES string of the molecule is O=C(CSc1nnc(-c2ccccc2)n1-c1ccccc1)NN=Cc1ccncc1. The number of nitrogens with one attached hydrogen (secondary N) is 1. The first-order valence-electron chi connectivity index (χ1n) is 9.22. The van der Waals surface area contributed by atoms with Crippen LogP contribution in [0, 0.1) is 0 Å². The molecule has 0 saturated heterocycles. The predicted octanol–water partition coefficient (Wildman–Crippen LogP) is 3.57. The van der Waals surface area contributed by atoms with Crippen molar-refractivity contribution in [1.82, 2.24) is 25.2 Å². The van der Waals surface area contributed by atoms with E-state index in [-0.39, 0.29) is 11.7 Å². The molecule has 0 bridgehead atoms. The number of hydrazone groups is 1. The van der Waals surface area contributed by atoms with Crippen molar-refractivity contribution in [3.05, 3.63) is 90.8 Å². The second kappa shape index (κ2) is 9.62. The van der Waals surface area contributed by atoms with Gasteiger partial charge in [0.1, 0.15) is 0 Å². The summed E-state index contributed by atoms with van der Waals surface area (Å²) < 4.78 is 1.95. The van der Waals surface area contributed by atoms with Gasteiger partial charge in [-0.1, -0.05) is 60.3 Å². The van der Waals surface area contributed by atoms with E-state index >= 15 is 0 Å². The Labute approximate surface area is 177 Å². The van der Waals surface area contributed by atoms with Crippen LogP contribution in [0.2, 0.25) is 0 Å². The molecule has 0 fully saturated rings. The van der Waals surface area contributed by atoms with E-state index in [9.17, 15) is 4.79 Å². The van der Waals surface area contributed by atoms with Crippen molar-refractivity contribution in [3.63, 3.8) is 0 Å². The molecule has 4 aromatic rings. The first-order valence-corrected chi connectivity index (χ1v) is 10.2. The van der Waals surface area contributed by atoms with Crippen LogP contribution in [0.15, 0.2) is 95.4 Å². The molecule has 0 aliphatic rings. The zero-order chi connectivity index (χ0) is 20.6. The van der Waals surface area contributed by atoms with Crippen molar-refractivity contribution in [2.75, 3.05) is 5.75 Å². The van der Waals surface area contributed by atoms with E-state index < -0.39 is 0 Å². The normalized spacial score (nSPS) is 10.9. The molecule has 7 nitrogen and oxygen atoms in total. The number of carbonyl (C=O) groups is 1. The number of thioether (sulfide) groups is 1. The summed E-state index contributed by atoms with van der Waals surface area (Å²) in [6, 6.07) is 23.3. The summed E-state index contributed by atoms with van der Waals surface area (Å²) in [6.07, 6.45) is 4.91. The molecule has 0 saturated carbocycles. The lowest BCUT2D eigenvalue weighted by Gasteiger charge is -2.10. The quantitative estimate of drug-likeness (QED) is 0.284. The Balaban J connectivity index is 1.49. The number of amides is 1. The number of para-hydroxylation sites is 1. The molecule has 0 aliphatic heterocycles. The summed E-state index contributed by atoms with van der Waals surface area (Å²) in [5, 5.41) is 13.3. The molecular formula is C22H18N6OS. The molecule has 30 heavy (non-hydrogen) atoms. The standard InChI is InChI=1S/C22H18N6OS/c29-20(25-24-15-17-11-13-23-14-12-17)16-30-22-27-26-21(18-7-3-1-4-8-18)28(22)19-9-5-2-6-10-19/h1-15H,16H2,(H,25,29). The number of nitrogens with zero attached hydrogens (tertiary/aromatic N) is 5. The van der Waals surface area contributed by atoms with Crippen LogP contribution in [0.4, 0.5) is 0 Å². The number of rotatable bonds is 7. The Kier molecular flexibility index (Phi) is 6.26. The minimum Gasteiger partial charge on any atom is -0.272 e. The van der Waals surface area contributed by atoms with Gasteiger partial charge in [-0.25, -0.2) is 5.43 Å². The van der Waals surface area contributed by atoms with Crippen molar-refractivity contribution in [2.45, 2.75) is 5.16 Å². The Morgan fingerprint density at radius 2 is 1.67 bits per heavy atom. The third-order valence-electron chi connectivity index (χ3n) is 4.12. The maximum atomic E-state index is 12.2. The van der Waals surface area contributed by atoms with Gasteiger partial charge in [-0.3, -0.25) is 14.3 Å². The highest BCUT2D eigenvalue weighted by Gasteiger charge is 2.16. The number of benzene rings is 2. The summed E-state index contributed by atoms with van der Waals surface area (Å²) in [7, 11) is 0. The molecular weight excluding hydrogens is 396 g/mol. The summed E-state index contributed by atoms with van der Waals surface area (Å²) >= 11 is 1.31. The van der Waals surface area contributed by atoms with Crippen LogP contribution in [-0.4, -0.2) is 37.6 Å². The van der Waals surface area contributed by atoms with Crippen LogP contribution in [0.25, 0.3) is 17.1 Å². The van der Waals surface area contributed by atoms with E-state index in [1.54, 1.807) is 30.7 Å². The minimum absolute atomic E-state index is 0.160. The average Bonchev–Trinajstić information content (AvgIpc) is 3.23. The van der Waals surface area contributed by atoms with Crippen LogP contribution < -0.4 is 5.43 Å². The molecule has 1 amide bonds. The maximum absolute atomic E-state index is 12.2. The summed E-state index contributed by atoms with van der Waals surface area (Å²) in [5.41, 5.74) is 5.27. The number of pyridine rings is 1. The van der Waals surface area contributed by atoms with Crippen molar-refractivity contribution < 1.29 is 4.79 Å². The van der Waals surface area contributed by atoms with Crippen molar-refractivity contribution in [2.24, 2.45) is 5.10 Å². The highest BCUT2D eigenvalue weighted by Crippen LogP contribution is 2.27. The molecule has 0 atom stereocenters. The second-order valence-electron chi connectivity index (χ2n) is 6.21. The van der Waals surface area contributed by atoms with Gasteiger partial charge in [-0.2, -0.15) is 5.10 Å². The van der Waals surface area contributed by atoms with Gasteiger partial charge in [-0.05, 0) is 29.8 Å². The van der Waals surface area contributed by atoms with Gasteiger partial charge in [0, 0.05) is 23.6 Å². The third kappa shape index (κ3) is 4.79. The lowest BCUT2D eigenvalue weighted by molar-refractivity contribution is -0.118. The van der Waals surface area contributed by atoms with Crippen molar-refractivity contribution in [1.29, 1.82) is 0 Å². The van der Waals surface area contributed by atoms with E-state index in [1.165, 1.54) is 11.8 Å². The van der Waals surface area contributed by atoms with Crippen LogP contribution in [0.5, 0.6) is 0 Å². The first kappa shape index (κ1) is 19.5. The fraction of sp³-hybridized carbons (Fsp3) is 0.0455. The van der Waals surface area contributed by atoms with Gasteiger partial charge in [-0.15, -0.1) is 10.2 Å². The summed E-state index contributed by atoms with van der Waals surface area (Å²) in [6.45, 7) is 0. The fourth-order valence-corrected chi connectivity index (χ4v) is 3.48. The molecule has 148 valence electrons. The Morgan fingerprint density at radius 3 is 2.40 bits per heavy atom. The molecule has 2 heterocycles. The fourth-order valence-electron chi connectivity index (χ4n) is 2.74. The zero-order valence-electron chi connectivity index (χ0n) is 15.9. The van der Waals surface area contributed by atoms with Crippen molar-refractivity contribution in [3.8, 4) is 17.1 Å². The molecule has 4 rings (SSSR count). The van der Waals surface area contributed by atoms with Crippen LogP contribution in [0.1, 0.15) is 5.56 Å². The van der Waals surface area contributed by atoms with Gasteiger partial charge < -0.3 is 0 Å². The lowest BCUT2D eigenvalue weighted by Crippen LogP contribution is -2.20. The monoisotopic (exact) mass is 414 g/mol. The largest absolute Gasteiger partial charge is 0.272 e. The molecule has 0 spiro atoms. The topological polar surface area (TPSA) is 85.1 Å². The van der Waals surface area contributed by atoms with Gasteiger partial charge in [0.2, 0.25) is 0 Å². The Hall–Kier alpha value is -3.78. The van der Waals surface area contributed by atoms with E-state index in [4.69, 9.17) is 0 Å². The molecule has 8 heteroatoms. The van der Waals surface area contributed by atoms with Crippen LogP contribution in [0.3, 0.4) is 0 Å². The number of carbonyl (C=O) groups excluding carboxylic acids is 1. The third-order valence-corrected chi connectivity index (χ3v) is 5.05. The van der Waals surface area contributed by atoms with Crippen LogP contribution in [-0.2, 0) is 4.79 Å². The second-order valence-corrected chi connectivity index (χ2v) is 7.15. The molecule has 2 aromatic heterocycles. The highest BCUT2D eigenvalue weighted by atomic mass is 32.2. The predicted molar refractivity (Wildman–Crippen MR) is 117 cm³/mol. The van der Waals surface area contributed by atoms with E-state index in [0.29, 0.717) is 5.16 Å². The van der Waals surface area contributed by atoms with Gasteiger partial charge in [0.15, 0.2) is 11.0 Å². The maximum Gasteiger partial charge on any atom is 0.250 e. The Bertz CT molecular complexity index is 1130. The van der Waals surface area contributed by atoms with Gasteiger partial charge >= 0.3 is 0 Å².